The number of rotatable bonds is 6. The van der Waals surface area contributed by atoms with Crippen molar-refractivity contribution in [3.8, 4) is 5.75 Å². The van der Waals surface area contributed by atoms with Crippen LogP contribution in [0.2, 0.25) is 0 Å². The lowest BCUT2D eigenvalue weighted by molar-refractivity contribution is -0.153. The van der Waals surface area contributed by atoms with Gasteiger partial charge in [0.25, 0.3) is 5.91 Å². The molecule has 0 aliphatic carbocycles. The summed E-state index contributed by atoms with van der Waals surface area (Å²) >= 11 is 0. The number of amides is 1. The molecular weight excluding hydrogens is 298 g/mol. The lowest BCUT2D eigenvalue weighted by Crippen LogP contribution is -2.42. The Labute approximate surface area is 136 Å². The maximum Gasteiger partial charge on any atom is 0.310 e. The molecule has 0 spiro atoms. The van der Waals surface area contributed by atoms with E-state index in [9.17, 15) is 9.59 Å². The molecule has 0 atom stereocenters. The summed E-state index contributed by atoms with van der Waals surface area (Å²) < 4.78 is 15.8. The van der Waals surface area contributed by atoms with Crippen molar-refractivity contribution in [3.05, 3.63) is 29.8 Å². The first kappa shape index (κ1) is 17.3. The molecule has 2 rings (SSSR count). The molecule has 0 aromatic heterocycles. The molecule has 6 nitrogen and oxygen atoms in total. The molecule has 0 bridgehead atoms. The monoisotopic (exact) mass is 321 g/mol. The van der Waals surface area contributed by atoms with Gasteiger partial charge in [-0.05, 0) is 31.5 Å². The van der Waals surface area contributed by atoms with Gasteiger partial charge in [0, 0.05) is 13.1 Å². The number of hydrogen-bond acceptors (Lipinski definition) is 5. The molecule has 0 saturated carbocycles. The third-order valence-corrected chi connectivity index (χ3v) is 3.34. The Bertz CT molecular complexity index is 538. The molecule has 1 heterocycles. The topological polar surface area (TPSA) is 65.1 Å². The van der Waals surface area contributed by atoms with Gasteiger partial charge in [-0.3, -0.25) is 9.59 Å². The molecule has 23 heavy (non-hydrogen) atoms. The molecular formula is C17H23NO5. The zero-order valence-electron chi connectivity index (χ0n) is 13.6. The summed E-state index contributed by atoms with van der Waals surface area (Å²) in [5.74, 6) is 0.113. The lowest BCUT2D eigenvalue weighted by atomic mass is 10.1. The van der Waals surface area contributed by atoms with Crippen molar-refractivity contribution < 1.29 is 23.8 Å². The van der Waals surface area contributed by atoms with Gasteiger partial charge >= 0.3 is 5.97 Å². The Balaban J connectivity index is 1.79. The van der Waals surface area contributed by atoms with Crippen LogP contribution >= 0.6 is 0 Å². The number of carbonyl (C=O) groups excluding carboxylic acids is 2. The zero-order chi connectivity index (χ0) is 16.7. The second-order valence-corrected chi connectivity index (χ2v) is 5.64. The summed E-state index contributed by atoms with van der Waals surface area (Å²) in [6.07, 6.45) is 0.189. The number of nitrogens with zero attached hydrogens (tertiary/aromatic N) is 1. The van der Waals surface area contributed by atoms with Crippen LogP contribution in [-0.2, 0) is 25.5 Å². The minimum atomic E-state index is -0.423. The number of esters is 1. The minimum absolute atomic E-state index is 0.0725. The van der Waals surface area contributed by atoms with Gasteiger partial charge in [-0.2, -0.15) is 0 Å². The minimum Gasteiger partial charge on any atom is -0.491 e. The molecule has 1 saturated heterocycles. The summed E-state index contributed by atoms with van der Waals surface area (Å²) in [6.45, 7) is 5.82. The van der Waals surface area contributed by atoms with E-state index >= 15 is 0 Å². The van der Waals surface area contributed by atoms with Crippen LogP contribution in [0.3, 0.4) is 0 Å². The van der Waals surface area contributed by atoms with E-state index in [2.05, 4.69) is 0 Å². The number of benzene rings is 1. The Morgan fingerprint density at radius 1 is 1.26 bits per heavy atom. The molecule has 1 fully saturated rings. The summed E-state index contributed by atoms with van der Waals surface area (Å²) in [7, 11) is 0. The predicted molar refractivity (Wildman–Crippen MR) is 84.3 cm³/mol. The van der Waals surface area contributed by atoms with Crippen LogP contribution in [0.25, 0.3) is 0 Å². The first-order valence-corrected chi connectivity index (χ1v) is 7.81. The van der Waals surface area contributed by atoms with Crippen LogP contribution in [0.15, 0.2) is 24.3 Å². The maximum atomic E-state index is 11.9. The molecule has 1 aliphatic heterocycles. The smallest absolute Gasteiger partial charge is 0.310 e. The van der Waals surface area contributed by atoms with Crippen LogP contribution < -0.4 is 4.74 Å². The van der Waals surface area contributed by atoms with Gasteiger partial charge in [-0.25, -0.2) is 0 Å². The van der Waals surface area contributed by atoms with Crippen LogP contribution in [0.4, 0.5) is 0 Å². The number of carbonyl (C=O) groups is 2. The first-order valence-electron chi connectivity index (χ1n) is 7.81. The van der Waals surface area contributed by atoms with E-state index < -0.39 is 5.97 Å². The highest BCUT2D eigenvalue weighted by molar-refractivity contribution is 5.81. The average molecular weight is 321 g/mol. The molecule has 0 unspecified atom stereocenters. The fraction of sp³-hybridized carbons (Fsp3) is 0.529. The molecule has 1 amide bonds. The maximum absolute atomic E-state index is 11.9. The number of morpholine rings is 1. The van der Waals surface area contributed by atoms with Gasteiger partial charge in [0.2, 0.25) is 0 Å². The third-order valence-electron chi connectivity index (χ3n) is 3.34. The SMILES string of the molecule is CC(C)Oc1cccc(CC(=O)OCC(=O)N2CCOCC2)c1. The van der Waals surface area contributed by atoms with Gasteiger partial charge in [-0.1, -0.05) is 12.1 Å². The van der Waals surface area contributed by atoms with Crippen molar-refractivity contribution in [1.29, 1.82) is 0 Å². The summed E-state index contributed by atoms with van der Waals surface area (Å²) in [5.41, 5.74) is 0.798. The van der Waals surface area contributed by atoms with Gasteiger partial charge < -0.3 is 19.1 Å². The number of hydrogen-bond donors (Lipinski definition) is 0. The van der Waals surface area contributed by atoms with Crippen molar-refractivity contribution in [2.24, 2.45) is 0 Å². The van der Waals surface area contributed by atoms with Crippen LogP contribution in [0.1, 0.15) is 19.4 Å². The van der Waals surface area contributed by atoms with Crippen molar-refractivity contribution in [1.82, 2.24) is 4.90 Å². The normalized spacial score (nSPS) is 14.7. The summed E-state index contributed by atoms with van der Waals surface area (Å²) in [4.78, 5) is 25.4. The van der Waals surface area contributed by atoms with Gasteiger partial charge in [0.1, 0.15) is 5.75 Å². The molecule has 1 aliphatic rings. The quantitative estimate of drug-likeness (QED) is 0.742. The average Bonchev–Trinajstić information content (AvgIpc) is 2.53. The first-order chi connectivity index (χ1) is 11.0. The molecule has 6 heteroatoms. The highest BCUT2D eigenvalue weighted by Crippen LogP contribution is 2.15. The summed E-state index contributed by atoms with van der Waals surface area (Å²) in [6, 6.07) is 7.32. The Kier molecular flexibility index (Phi) is 6.40. The van der Waals surface area contributed by atoms with E-state index in [1.54, 1.807) is 4.90 Å². The van der Waals surface area contributed by atoms with Crippen molar-refractivity contribution in [3.63, 3.8) is 0 Å². The molecule has 1 aromatic carbocycles. The third kappa shape index (κ3) is 5.90. The lowest BCUT2D eigenvalue weighted by Gasteiger charge is -2.26. The van der Waals surface area contributed by atoms with Crippen LogP contribution in [-0.4, -0.2) is 55.8 Å². The largest absolute Gasteiger partial charge is 0.491 e. The van der Waals surface area contributed by atoms with E-state index in [-0.39, 0.29) is 25.0 Å². The molecule has 1 aromatic rings. The number of ether oxygens (including phenoxy) is 3. The van der Waals surface area contributed by atoms with Gasteiger partial charge in [-0.15, -0.1) is 0 Å². The summed E-state index contributed by atoms with van der Waals surface area (Å²) in [5, 5.41) is 0. The Morgan fingerprint density at radius 3 is 2.70 bits per heavy atom. The standard InChI is InChI=1S/C17H23NO5/c1-13(2)23-15-5-3-4-14(10-15)11-17(20)22-12-16(19)18-6-8-21-9-7-18/h3-5,10,13H,6-9,11-12H2,1-2H3. The van der Waals surface area contributed by atoms with Crippen molar-refractivity contribution in [2.75, 3.05) is 32.9 Å². The van der Waals surface area contributed by atoms with Crippen LogP contribution in [0.5, 0.6) is 5.75 Å². The zero-order valence-corrected chi connectivity index (χ0v) is 13.6. The fourth-order valence-corrected chi connectivity index (χ4v) is 2.26. The molecule has 126 valence electrons. The molecule has 0 N–H and O–H groups in total. The molecule has 0 radical (unpaired) electrons. The van der Waals surface area contributed by atoms with Crippen molar-refractivity contribution >= 4 is 11.9 Å². The van der Waals surface area contributed by atoms with E-state index in [4.69, 9.17) is 14.2 Å². The fourth-order valence-electron chi connectivity index (χ4n) is 2.26. The Morgan fingerprint density at radius 2 is 2.00 bits per heavy atom. The van der Waals surface area contributed by atoms with Gasteiger partial charge in [0.05, 0.1) is 25.7 Å². The highest BCUT2D eigenvalue weighted by Gasteiger charge is 2.18. The van der Waals surface area contributed by atoms with E-state index in [1.165, 1.54) is 0 Å². The second-order valence-electron chi connectivity index (χ2n) is 5.64. The van der Waals surface area contributed by atoms with E-state index in [0.717, 1.165) is 11.3 Å². The predicted octanol–water partition coefficient (Wildman–Crippen LogP) is 1.42. The Hall–Kier alpha value is -2.08. The van der Waals surface area contributed by atoms with Crippen molar-refractivity contribution in [2.45, 2.75) is 26.4 Å². The second kappa shape index (κ2) is 8.53. The van der Waals surface area contributed by atoms with E-state index in [1.807, 2.05) is 38.1 Å². The van der Waals surface area contributed by atoms with Crippen LogP contribution in [0, 0.1) is 0 Å². The van der Waals surface area contributed by atoms with E-state index in [0.29, 0.717) is 26.3 Å². The highest BCUT2D eigenvalue weighted by atomic mass is 16.5. The van der Waals surface area contributed by atoms with Gasteiger partial charge in [0.15, 0.2) is 6.61 Å².